The fraction of sp³-hybridized carbons (Fsp3) is 0.269. The van der Waals surface area contributed by atoms with Crippen LogP contribution in [0.2, 0.25) is 0 Å². The van der Waals surface area contributed by atoms with Gasteiger partial charge in [0.1, 0.15) is 5.69 Å². The Morgan fingerprint density at radius 1 is 0.508 bits per heavy atom. The molecule has 61 heavy (non-hydrogen) atoms. The molecule has 0 N–H and O–H groups in total. The van der Waals surface area contributed by atoms with E-state index in [9.17, 15) is 19.2 Å². The van der Waals surface area contributed by atoms with Crippen molar-refractivity contribution in [1.29, 1.82) is 0 Å². The van der Waals surface area contributed by atoms with Gasteiger partial charge in [-0.15, -0.1) is 5.10 Å². The van der Waals surface area contributed by atoms with Crippen LogP contribution >= 0.6 is 0 Å². The second kappa shape index (κ2) is 15.7. The lowest BCUT2D eigenvalue weighted by Gasteiger charge is -2.35. The Hall–Kier alpha value is -6.74. The number of benzene rings is 7. The van der Waals surface area contributed by atoms with Crippen molar-refractivity contribution in [2.75, 3.05) is 4.90 Å². The highest BCUT2D eigenvalue weighted by Crippen LogP contribution is 2.47. The average molecular weight is 806 g/mol. The zero-order chi connectivity index (χ0) is 41.8. The Kier molecular flexibility index (Phi) is 9.90. The van der Waals surface area contributed by atoms with Crippen LogP contribution in [0.3, 0.4) is 0 Å². The molecule has 0 aliphatic carbocycles. The molecule has 0 saturated carbocycles. The number of hydrogen-bond donors (Lipinski definition) is 0. The zero-order valence-electron chi connectivity index (χ0n) is 34.6. The van der Waals surface area contributed by atoms with Gasteiger partial charge in [0, 0.05) is 44.6 Å². The topological polar surface area (TPSA) is 105 Å². The van der Waals surface area contributed by atoms with Gasteiger partial charge in [-0.25, -0.2) is 9.58 Å². The van der Waals surface area contributed by atoms with Gasteiger partial charge in [-0.3, -0.25) is 24.1 Å². The second-order valence-corrected chi connectivity index (χ2v) is 16.8. The van der Waals surface area contributed by atoms with Crippen molar-refractivity contribution in [3.05, 3.63) is 137 Å². The molecule has 2 aliphatic rings. The number of amides is 4. The van der Waals surface area contributed by atoms with Gasteiger partial charge in [0.15, 0.2) is 0 Å². The molecule has 0 fully saturated rings. The first-order chi connectivity index (χ1) is 29.9. The summed E-state index contributed by atoms with van der Waals surface area (Å²) in [5.41, 5.74) is 5.09. The normalized spacial score (nSPS) is 14.0. The van der Waals surface area contributed by atoms with Crippen LogP contribution < -0.4 is 4.90 Å². The Balaban J connectivity index is 0.998. The molecule has 3 heterocycles. The quantitative estimate of drug-likeness (QED) is 0.0442. The fourth-order valence-electron chi connectivity index (χ4n) is 9.93. The summed E-state index contributed by atoms with van der Waals surface area (Å²) in [5, 5.41) is 15.2. The molecule has 1 aromatic heterocycles. The third kappa shape index (κ3) is 6.37. The van der Waals surface area contributed by atoms with Gasteiger partial charge < -0.3 is 0 Å². The zero-order valence-corrected chi connectivity index (χ0v) is 34.6. The van der Waals surface area contributed by atoms with E-state index in [0.717, 1.165) is 108 Å². The lowest BCUT2D eigenvalue weighted by Crippen LogP contribution is -2.47. The van der Waals surface area contributed by atoms with Crippen molar-refractivity contribution < 1.29 is 19.2 Å². The molecule has 0 radical (unpaired) electrons. The molecular formula is C52H47N5O4. The Morgan fingerprint density at radius 3 is 1.49 bits per heavy atom. The molecule has 4 amide bonds. The molecule has 0 unspecified atom stereocenters. The van der Waals surface area contributed by atoms with Crippen molar-refractivity contribution in [3.63, 3.8) is 0 Å². The number of hydrogen-bond acceptors (Lipinski definition) is 6. The highest BCUT2D eigenvalue weighted by Gasteiger charge is 2.39. The molecule has 0 bridgehead atoms. The van der Waals surface area contributed by atoms with Crippen molar-refractivity contribution in [2.24, 2.45) is 0 Å². The lowest BCUT2D eigenvalue weighted by molar-refractivity contribution is 0.0516. The summed E-state index contributed by atoms with van der Waals surface area (Å²) < 4.78 is 1.78. The summed E-state index contributed by atoms with van der Waals surface area (Å²) in [7, 11) is 0. The Bertz CT molecular complexity index is 2890. The van der Waals surface area contributed by atoms with E-state index in [4.69, 9.17) is 0 Å². The maximum Gasteiger partial charge on any atom is 0.265 e. The van der Waals surface area contributed by atoms with Gasteiger partial charge >= 0.3 is 0 Å². The van der Waals surface area contributed by atoms with E-state index >= 15 is 0 Å². The predicted molar refractivity (Wildman–Crippen MR) is 242 cm³/mol. The van der Waals surface area contributed by atoms with E-state index in [-0.39, 0.29) is 17.9 Å². The van der Waals surface area contributed by atoms with E-state index < -0.39 is 11.8 Å². The number of anilines is 1. The van der Waals surface area contributed by atoms with Gasteiger partial charge in [-0.2, -0.15) is 0 Å². The minimum atomic E-state index is -0.394. The van der Waals surface area contributed by atoms with Crippen molar-refractivity contribution in [2.45, 2.75) is 90.6 Å². The molecule has 10 rings (SSSR count). The van der Waals surface area contributed by atoms with Crippen LogP contribution in [0.25, 0.3) is 54.3 Å². The molecule has 304 valence electrons. The van der Waals surface area contributed by atoms with Crippen molar-refractivity contribution in [1.82, 2.24) is 19.9 Å². The molecule has 8 aromatic rings. The number of unbranched alkanes of at least 4 members (excludes halogenated alkanes) is 6. The van der Waals surface area contributed by atoms with Crippen molar-refractivity contribution >= 4 is 72.4 Å². The van der Waals surface area contributed by atoms with E-state index in [1.54, 1.807) is 21.7 Å². The highest BCUT2D eigenvalue weighted by molar-refractivity contribution is 6.43. The van der Waals surface area contributed by atoms with Crippen LogP contribution in [0.15, 0.2) is 109 Å². The predicted octanol–water partition coefficient (Wildman–Crippen LogP) is 11.7. The van der Waals surface area contributed by atoms with Gasteiger partial charge in [0.25, 0.3) is 23.6 Å². The number of carbonyl (C=O) groups is 4. The number of nitrogens with zero attached hydrogens (tertiary/aromatic N) is 5. The number of aromatic nitrogens is 3. The third-order valence-electron chi connectivity index (χ3n) is 13.0. The van der Waals surface area contributed by atoms with E-state index in [1.165, 1.54) is 4.90 Å². The molecule has 2 aliphatic heterocycles. The second-order valence-electron chi connectivity index (χ2n) is 16.8. The van der Waals surface area contributed by atoms with Crippen LogP contribution in [0, 0.1) is 0 Å². The molecule has 0 saturated heterocycles. The van der Waals surface area contributed by atoms with Crippen LogP contribution in [-0.2, 0) is 6.54 Å². The smallest absolute Gasteiger partial charge is 0.265 e. The summed E-state index contributed by atoms with van der Waals surface area (Å²) >= 11 is 0. The summed E-state index contributed by atoms with van der Waals surface area (Å²) in [6.45, 7) is 4.98. The minimum Gasteiger partial charge on any atom is -0.271 e. The van der Waals surface area contributed by atoms with Gasteiger partial charge in [-0.1, -0.05) is 137 Å². The average Bonchev–Trinajstić information content (AvgIpc) is 3.75. The summed E-state index contributed by atoms with van der Waals surface area (Å²) in [6, 6.07) is 32.4. The number of imide groups is 2. The number of carbonyl (C=O) groups excluding carboxylic acids is 4. The van der Waals surface area contributed by atoms with Crippen LogP contribution in [0.4, 0.5) is 5.69 Å². The first-order valence-corrected chi connectivity index (χ1v) is 21.9. The third-order valence-corrected chi connectivity index (χ3v) is 13.0. The molecule has 0 spiro atoms. The molecule has 9 heteroatoms. The maximum absolute atomic E-state index is 14.5. The number of fused-ring (bicyclic) bond motifs is 2. The van der Waals surface area contributed by atoms with Crippen LogP contribution in [-0.4, -0.2) is 49.6 Å². The van der Waals surface area contributed by atoms with Gasteiger partial charge in [-0.05, 0) is 87.1 Å². The fourth-order valence-corrected chi connectivity index (χ4v) is 9.93. The SMILES string of the molecule is CCCCCCC(CCCCCC)N1C(=O)c2ccc3c4ccc5c6c(ccc(c7ccc(c2c37)C1=O)c64)C(=O)N(c1ccc(-c2cn(Cc3ccccc3)nn2)cc1)C5=O. The number of rotatable bonds is 15. The molecule has 7 aromatic carbocycles. The van der Waals surface area contributed by atoms with E-state index in [1.807, 2.05) is 97.2 Å². The van der Waals surface area contributed by atoms with Crippen LogP contribution in [0.1, 0.15) is 125 Å². The first kappa shape index (κ1) is 38.5. The lowest BCUT2D eigenvalue weighted by atomic mass is 9.82. The van der Waals surface area contributed by atoms with E-state index in [2.05, 4.69) is 24.2 Å². The maximum atomic E-state index is 14.5. The Labute approximate surface area is 354 Å². The molecular weight excluding hydrogens is 759 g/mol. The Morgan fingerprint density at radius 2 is 1.00 bits per heavy atom. The summed E-state index contributed by atoms with van der Waals surface area (Å²) in [5.74, 6) is -1.22. The van der Waals surface area contributed by atoms with Gasteiger partial charge in [0.05, 0.1) is 18.4 Å². The first-order valence-electron chi connectivity index (χ1n) is 21.9. The van der Waals surface area contributed by atoms with E-state index in [0.29, 0.717) is 51.0 Å². The van der Waals surface area contributed by atoms with Crippen molar-refractivity contribution in [3.8, 4) is 11.3 Å². The summed E-state index contributed by atoms with van der Waals surface area (Å²) in [6.07, 6.45) is 12.2. The molecule has 9 nitrogen and oxygen atoms in total. The molecule has 0 atom stereocenters. The summed E-state index contributed by atoms with van der Waals surface area (Å²) in [4.78, 5) is 60.7. The highest BCUT2D eigenvalue weighted by atomic mass is 16.2. The largest absolute Gasteiger partial charge is 0.271 e. The van der Waals surface area contributed by atoms with Crippen LogP contribution in [0.5, 0.6) is 0 Å². The minimum absolute atomic E-state index is 0.138. The standard InChI is InChI=1S/C52H47N5O4/c1-3-5-7-12-16-34(17-13-8-6-4-2)56-49(58)40-26-22-36-38-24-28-42-48-43(29-25-39(46(38)48)37-23-27-41(50(56)59)47(40)45(36)37)52(61)57(51(42)60)35-20-18-33(19-21-35)44-31-55(54-53-44)30-32-14-10-9-11-15-32/h9-11,14-15,18-29,31,34H,3-8,12-13,16-17,30H2,1-2H3. The monoisotopic (exact) mass is 805 g/mol. The van der Waals surface area contributed by atoms with Gasteiger partial charge in [0.2, 0.25) is 0 Å².